The molecule has 0 aromatic heterocycles. The normalized spacial score (nSPS) is 12.7. The van der Waals surface area contributed by atoms with E-state index in [0.717, 1.165) is 18.4 Å². The average molecular weight is 222 g/mol. The van der Waals surface area contributed by atoms with Gasteiger partial charge in [-0.2, -0.15) is 0 Å². The number of aliphatic hydroxyl groups excluding tert-OH is 1. The van der Waals surface area contributed by atoms with Crippen molar-refractivity contribution in [2.24, 2.45) is 0 Å². The van der Waals surface area contributed by atoms with Crippen LogP contribution in [0.4, 0.5) is 0 Å². The van der Waals surface area contributed by atoms with Crippen LogP contribution in [0.3, 0.4) is 0 Å². The first-order chi connectivity index (χ1) is 7.77. The monoisotopic (exact) mass is 222 g/mol. The highest BCUT2D eigenvalue weighted by Gasteiger charge is 2.07. The molecule has 1 rings (SSSR count). The molecule has 0 spiro atoms. The molecule has 0 aliphatic carbocycles. The molecule has 2 heteroatoms. The summed E-state index contributed by atoms with van der Waals surface area (Å²) >= 11 is 0. The van der Waals surface area contributed by atoms with Gasteiger partial charge < -0.3 is 9.84 Å². The van der Waals surface area contributed by atoms with Gasteiger partial charge in [0.1, 0.15) is 0 Å². The molecular weight excluding hydrogens is 200 g/mol. The SMILES string of the molecule is CCCc1cccc(C(O)CCOCC)c1. The van der Waals surface area contributed by atoms with Crippen LogP contribution in [0.25, 0.3) is 0 Å². The Balaban J connectivity index is 2.53. The maximum atomic E-state index is 9.96. The van der Waals surface area contributed by atoms with Crippen molar-refractivity contribution < 1.29 is 9.84 Å². The van der Waals surface area contributed by atoms with E-state index in [4.69, 9.17) is 4.74 Å². The van der Waals surface area contributed by atoms with Gasteiger partial charge >= 0.3 is 0 Å². The van der Waals surface area contributed by atoms with Crippen molar-refractivity contribution >= 4 is 0 Å². The second-order valence-electron chi connectivity index (χ2n) is 4.00. The lowest BCUT2D eigenvalue weighted by atomic mass is 10.0. The summed E-state index contributed by atoms with van der Waals surface area (Å²) in [5.74, 6) is 0. The summed E-state index contributed by atoms with van der Waals surface area (Å²) in [5.41, 5.74) is 2.31. The maximum Gasteiger partial charge on any atom is 0.0812 e. The molecule has 0 bridgehead atoms. The average Bonchev–Trinajstić information content (AvgIpc) is 2.30. The molecule has 0 heterocycles. The highest BCUT2D eigenvalue weighted by atomic mass is 16.5. The molecule has 0 amide bonds. The molecule has 0 saturated heterocycles. The smallest absolute Gasteiger partial charge is 0.0812 e. The van der Waals surface area contributed by atoms with Crippen LogP contribution in [0.1, 0.15) is 43.9 Å². The zero-order chi connectivity index (χ0) is 11.8. The summed E-state index contributed by atoms with van der Waals surface area (Å²) in [5, 5.41) is 9.96. The Hall–Kier alpha value is -0.860. The molecular formula is C14H22O2. The van der Waals surface area contributed by atoms with Crippen LogP contribution in [0.2, 0.25) is 0 Å². The molecule has 0 radical (unpaired) electrons. The van der Waals surface area contributed by atoms with Gasteiger partial charge in [0.25, 0.3) is 0 Å². The fourth-order valence-electron chi connectivity index (χ4n) is 1.75. The van der Waals surface area contributed by atoms with Crippen molar-refractivity contribution in [3.8, 4) is 0 Å². The van der Waals surface area contributed by atoms with E-state index in [1.54, 1.807) is 0 Å². The largest absolute Gasteiger partial charge is 0.388 e. The number of hydrogen-bond donors (Lipinski definition) is 1. The fraction of sp³-hybridized carbons (Fsp3) is 0.571. The first-order valence-electron chi connectivity index (χ1n) is 6.12. The van der Waals surface area contributed by atoms with Crippen molar-refractivity contribution in [2.75, 3.05) is 13.2 Å². The van der Waals surface area contributed by atoms with E-state index < -0.39 is 6.10 Å². The predicted octanol–water partition coefficient (Wildman–Crippen LogP) is 3.10. The zero-order valence-electron chi connectivity index (χ0n) is 10.3. The van der Waals surface area contributed by atoms with Crippen molar-refractivity contribution in [3.63, 3.8) is 0 Å². The van der Waals surface area contributed by atoms with Gasteiger partial charge in [0.2, 0.25) is 0 Å². The molecule has 16 heavy (non-hydrogen) atoms. The minimum Gasteiger partial charge on any atom is -0.388 e. The highest BCUT2D eigenvalue weighted by Crippen LogP contribution is 2.18. The van der Waals surface area contributed by atoms with Crippen LogP contribution in [-0.4, -0.2) is 18.3 Å². The molecule has 2 nitrogen and oxygen atoms in total. The van der Waals surface area contributed by atoms with E-state index in [9.17, 15) is 5.11 Å². The molecule has 0 fully saturated rings. The van der Waals surface area contributed by atoms with Gasteiger partial charge in [-0.25, -0.2) is 0 Å². The molecule has 1 atom stereocenters. The summed E-state index contributed by atoms with van der Waals surface area (Å²) < 4.78 is 5.24. The highest BCUT2D eigenvalue weighted by molar-refractivity contribution is 5.25. The zero-order valence-corrected chi connectivity index (χ0v) is 10.3. The Kier molecular flexibility index (Phi) is 6.12. The van der Waals surface area contributed by atoms with Crippen LogP contribution >= 0.6 is 0 Å². The van der Waals surface area contributed by atoms with E-state index >= 15 is 0 Å². The lowest BCUT2D eigenvalue weighted by Crippen LogP contribution is -2.03. The Bertz CT molecular complexity index is 297. The molecule has 90 valence electrons. The van der Waals surface area contributed by atoms with Crippen molar-refractivity contribution in [2.45, 2.75) is 39.2 Å². The van der Waals surface area contributed by atoms with Gasteiger partial charge in [0.05, 0.1) is 6.10 Å². The van der Waals surface area contributed by atoms with Crippen molar-refractivity contribution in [3.05, 3.63) is 35.4 Å². The number of benzene rings is 1. The van der Waals surface area contributed by atoms with Gasteiger partial charge in [-0.3, -0.25) is 0 Å². The predicted molar refractivity (Wildman–Crippen MR) is 66.5 cm³/mol. The van der Waals surface area contributed by atoms with Gasteiger partial charge in [-0.15, -0.1) is 0 Å². The lowest BCUT2D eigenvalue weighted by molar-refractivity contribution is 0.0886. The topological polar surface area (TPSA) is 29.5 Å². The minimum atomic E-state index is -0.400. The quantitative estimate of drug-likeness (QED) is 0.718. The Labute approximate surface area is 98.3 Å². The Morgan fingerprint density at radius 2 is 2.12 bits per heavy atom. The molecule has 1 aromatic carbocycles. The van der Waals surface area contributed by atoms with E-state index in [1.807, 2.05) is 19.1 Å². The second-order valence-corrected chi connectivity index (χ2v) is 4.00. The van der Waals surface area contributed by atoms with E-state index in [2.05, 4.69) is 19.1 Å². The number of hydrogen-bond acceptors (Lipinski definition) is 2. The maximum absolute atomic E-state index is 9.96. The minimum absolute atomic E-state index is 0.400. The van der Waals surface area contributed by atoms with E-state index in [1.165, 1.54) is 5.56 Å². The summed E-state index contributed by atoms with van der Waals surface area (Å²) in [6, 6.07) is 8.21. The molecule has 1 aromatic rings. The third-order valence-corrected chi connectivity index (χ3v) is 2.61. The molecule has 0 saturated carbocycles. The first-order valence-corrected chi connectivity index (χ1v) is 6.12. The third-order valence-electron chi connectivity index (χ3n) is 2.61. The molecule has 0 aliphatic rings. The third kappa shape index (κ3) is 4.33. The second kappa shape index (κ2) is 7.42. The van der Waals surface area contributed by atoms with Crippen LogP contribution < -0.4 is 0 Å². The summed E-state index contributed by atoms with van der Waals surface area (Å²) in [4.78, 5) is 0. The number of aryl methyl sites for hydroxylation is 1. The standard InChI is InChI=1S/C14H22O2/c1-3-6-12-7-5-8-13(11-12)14(15)9-10-16-4-2/h5,7-8,11,14-15H,3-4,6,9-10H2,1-2H3. The van der Waals surface area contributed by atoms with Crippen LogP contribution in [0.5, 0.6) is 0 Å². The van der Waals surface area contributed by atoms with E-state index in [-0.39, 0.29) is 0 Å². The Morgan fingerprint density at radius 3 is 2.81 bits per heavy atom. The summed E-state index contributed by atoms with van der Waals surface area (Å²) in [7, 11) is 0. The molecule has 1 unspecified atom stereocenters. The Morgan fingerprint density at radius 1 is 1.31 bits per heavy atom. The number of aliphatic hydroxyl groups is 1. The van der Waals surface area contributed by atoms with E-state index in [0.29, 0.717) is 19.6 Å². The lowest BCUT2D eigenvalue weighted by Gasteiger charge is -2.12. The molecule has 0 aliphatic heterocycles. The fourth-order valence-corrected chi connectivity index (χ4v) is 1.75. The number of rotatable bonds is 7. The number of ether oxygens (including phenoxy) is 1. The van der Waals surface area contributed by atoms with Crippen LogP contribution in [-0.2, 0) is 11.2 Å². The molecule has 1 N–H and O–H groups in total. The van der Waals surface area contributed by atoms with Crippen LogP contribution in [0.15, 0.2) is 24.3 Å². The summed E-state index contributed by atoms with van der Waals surface area (Å²) in [6.07, 6.45) is 2.48. The van der Waals surface area contributed by atoms with Crippen molar-refractivity contribution in [1.82, 2.24) is 0 Å². The van der Waals surface area contributed by atoms with Crippen molar-refractivity contribution in [1.29, 1.82) is 0 Å². The van der Waals surface area contributed by atoms with Gasteiger partial charge in [-0.05, 0) is 24.5 Å². The van der Waals surface area contributed by atoms with Crippen LogP contribution in [0, 0.1) is 0 Å². The first kappa shape index (κ1) is 13.2. The van der Waals surface area contributed by atoms with Gasteiger partial charge in [-0.1, -0.05) is 37.6 Å². The van der Waals surface area contributed by atoms with Gasteiger partial charge in [0, 0.05) is 19.6 Å². The summed E-state index contributed by atoms with van der Waals surface area (Å²) in [6.45, 7) is 5.46. The van der Waals surface area contributed by atoms with Gasteiger partial charge in [0.15, 0.2) is 0 Å².